The normalized spacial score (nSPS) is 13.2. The highest BCUT2D eigenvalue weighted by Crippen LogP contribution is 2.04. The van der Waals surface area contributed by atoms with Gasteiger partial charge in [0, 0.05) is 0 Å². The minimum atomic E-state index is 0.780. The summed E-state index contributed by atoms with van der Waals surface area (Å²) >= 11 is 0. The zero-order chi connectivity index (χ0) is 12.9. The Labute approximate surface area is 108 Å². The first kappa shape index (κ1) is 16.4. The average molecular weight is 238 g/mol. The lowest BCUT2D eigenvalue weighted by molar-refractivity contribution is 0.179. The molecule has 0 bridgehead atoms. The van der Waals surface area contributed by atoms with Crippen LogP contribution in [-0.4, -0.2) is 13.2 Å². The molecule has 0 aliphatic heterocycles. The van der Waals surface area contributed by atoms with E-state index in [0.29, 0.717) is 0 Å². The molecule has 0 rings (SSSR count). The summed E-state index contributed by atoms with van der Waals surface area (Å²) < 4.78 is 5.68. The number of hydrogen-bond donors (Lipinski definition) is 0. The maximum Gasteiger partial charge on any atom is 0.0678 e. The first-order chi connectivity index (χ1) is 8.20. The standard InChI is InChI=1S/C16H30O/c1-5-7-9-11-15(3)13-17-14-16(4)12-10-8-6-2/h11-12H,5-10,13-14H2,1-4H3. The Balaban J connectivity index is 3.60. The van der Waals surface area contributed by atoms with Crippen LogP contribution >= 0.6 is 0 Å². The van der Waals surface area contributed by atoms with Gasteiger partial charge >= 0.3 is 0 Å². The quantitative estimate of drug-likeness (QED) is 0.372. The predicted molar refractivity (Wildman–Crippen MR) is 77.4 cm³/mol. The topological polar surface area (TPSA) is 9.23 Å². The second-order valence-electron chi connectivity index (χ2n) is 4.88. The molecule has 0 fully saturated rings. The van der Waals surface area contributed by atoms with Crippen molar-refractivity contribution in [1.82, 2.24) is 0 Å². The maximum atomic E-state index is 5.68. The Morgan fingerprint density at radius 1 is 0.824 bits per heavy atom. The van der Waals surface area contributed by atoms with Gasteiger partial charge in [-0.2, -0.15) is 0 Å². The van der Waals surface area contributed by atoms with Crippen molar-refractivity contribution in [1.29, 1.82) is 0 Å². The van der Waals surface area contributed by atoms with E-state index in [9.17, 15) is 0 Å². The van der Waals surface area contributed by atoms with Crippen molar-refractivity contribution >= 4 is 0 Å². The van der Waals surface area contributed by atoms with E-state index in [4.69, 9.17) is 4.74 Å². The van der Waals surface area contributed by atoms with Crippen LogP contribution in [0.25, 0.3) is 0 Å². The molecule has 0 unspecified atom stereocenters. The summed E-state index contributed by atoms with van der Waals surface area (Å²) in [5.41, 5.74) is 2.72. The third kappa shape index (κ3) is 11.7. The molecule has 0 heterocycles. The van der Waals surface area contributed by atoms with E-state index in [-0.39, 0.29) is 0 Å². The number of rotatable bonds is 10. The monoisotopic (exact) mass is 238 g/mol. The van der Waals surface area contributed by atoms with E-state index in [1.807, 2.05) is 0 Å². The second-order valence-corrected chi connectivity index (χ2v) is 4.88. The van der Waals surface area contributed by atoms with Crippen molar-refractivity contribution < 1.29 is 4.74 Å². The van der Waals surface area contributed by atoms with E-state index in [0.717, 1.165) is 13.2 Å². The summed E-state index contributed by atoms with van der Waals surface area (Å²) in [6, 6.07) is 0. The molecule has 0 aliphatic rings. The zero-order valence-corrected chi connectivity index (χ0v) is 12.2. The van der Waals surface area contributed by atoms with Gasteiger partial charge in [-0.15, -0.1) is 0 Å². The molecule has 1 nitrogen and oxygen atoms in total. The molecule has 0 aliphatic carbocycles. The lowest BCUT2D eigenvalue weighted by Crippen LogP contribution is -1.99. The van der Waals surface area contributed by atoms with Crippen LogP contribution in [-0.2, 0) is 4.74 Å². The minimum Gasteiger partial charge on any atom is -0.373 e. The largest absolute Gasteiger partial charge is 0.373 e. The van der Waals surface area contributed by atoms with Gasteiger partial charge in [0.15, 0.2) is 0 Å². The molecule has 0 radical (unpaired) electrons. The molecule has 0 saturated carbocycles. The van der Waals surface area contributed by atoms with Crippen molar-refractivity contribution in [3.8, 4) is 0 Å². The van der Waals surface area contributed by atoms with Gasteiger partial charge < -0.3 is 4.74 Å². The van der Waals surface area contributed by atoms with Crippen molar-refractivity contribution in [2.45, 2.75) is 66.2 Å². The molecule has 0 saturated heterocycles. The van der Waals surface area contributed by atoms with Gasteiger partial charge in [0.1, 0.15) is 0 Å². The van der Waals surface area contributed by atoms with Gasteiger partial charge in [0.2, 0.25) is 0 Å². The summed E-state index contributed by atoms with van der Waals surface area (Å²) in [4.78, 5) is 0. The highest BCUT2D eigenvalue weighted by Gasteiger charge is 1.93. The molecule has 0 amide bonds. The Morgan fingerprint density at radius 3 is 1.59 bits per heavy atom. The van der Waals surface area contributed by atoms with Crippen molar-refractivity contribution in [3.05, 3.63) is 23.3 Å². The van der Waals surface area contributed by atoms with Crippen LogP contribution in [0.5, 0.6) is 0 Å². The van der Waals surface area contributed by atoms with E-state index in [1.165, 1.54) is 49.7 Å². The minimum absolute atomic E-state index is 0.780. The molecule has 0 aromatic heterocycles. The molecule has 0 N–H and O–H groups in total. The van der Waals surface area contributed by atoms with Crippen molar-refractivity contribution in [2.75, 3.05) is 13.2 Å². The Bertz CT molecular complexity index is 202. The summed E-state index contributed by atoms with van der Waals surface area (Å²) in [6.07, 6.45) is 12.1. The lowest BCUT2D eigenvalue weighted by atomic mass is 10.2. The summed E-state index contributed by atoms with van der Waals surface area (Å²) in [6.45, 7) is 10.3. The van der Waals surface area contributed by atoms with Gasteiger partial charge in [-0.3, -0.25) is 0 Å². The first-order valence-corrected chi connectivity index (χ1v) is 7.09. The zero-order valence-electron chi connectivity index (χ0n) is 12.2. The second kappa shape index (κ2) is 11.9. The van der Waals surface area contributed by atoms with E-state index in [1.54, 1.807) is 0 Å². The number of unbranched alkanes of at least 4 members (excludes halogenated alkanes) is 4. The predicted octanol–water partition coefficient (Wildman–Crippen LogP) is 5.28. The van der Waals surface area contributed by atoms with Crippen LogP contribution in [0.3, 0.4) is 0 Å². The SMILES string of the molecule is CCCCC=C(C)COCC(C)=CCCCC. The highest BCUT2D eigenvalue weighted by atomic mass is 16.5. The van der Waals surface area contributed by atoms with Crippen LogP contribution in [0.2, 0.25) is 0 Å². The lowest BCUT2D eigenvalue weighted by Gasteiger charge is -2.05. The average Bonchev–Trinajstić information content (AvgIpc) is 2.30. The molecule has 0 atom stereocenters. The van der Waals surface area contributed by atoms with E-state index < -0.39 is 0 Å². The molecule has 1 heteroatoms. The Hall–Kier alpha value is -0.560. The molecule has 100 valence electrons. The molecule has 17 heavy (non-hydrogen) atoms. The number of hydrogen-bond acceptors (Lipinski definition) is 1. The van der Waals surface area contributed by atoms with E-state index in [2.05, 4.69) is 39.8 Å². The summed E-state index contributed by atoms with van der Waals surface area (Å²) in [5.74, 6) is 0. The first-order valence-electron chi connectivity index (χ1n) is 7.09. The fourth-order valence-electron chi connectivity index (χ4n) is 1.60. The fraction of sp³-hybridized carbons (Fsp3) is 0.750. The third-order valence-electron chi connectivity index (χ3n) is 2.76. The van der Waals surface area contributed by atoms with Crippen molar-refractivity contribution in [3.63, 3.8) is 0 Å². The fourth-order valence-corrected chi connectivity index (χ4v) is 1.60. The van der Waals surface area contributed by atoms with Gasteiger partial charge in [0.05, 0.1) is 13.2 Å². The summed E-state index contributed by atoms with van der Waals surface area (Å²) in [5, 5.41) is 0. The van der Waals surface area contributed by atoms with Gasteiger partial charge in [-0.05, 0) is 26.7 Å². The Morgan fingerprint density at radius 2 is 1.24 bits per heavy atom. The van der Waals surface area contributed by atoms with Gasteiger partial charge in [-0.1, -0.05) is 62.8 Å². The van der Waals surface area contributed by atoms with Crippen LogP contribution in [0.1, 0.15) is 66.2 Å². The smallest absolute Gasteiger partial charge is 0.0678 e. The molecule has 0 spiro atoms. The molecular weight excluding hydrogens is 208 g/mol. The van der Waals surface area contributed by atoms with Crippen LogP contribution in [0.15, 0.2) is 23.3 Å². The van der Waals surface area contributed by atoms with Gasteiger partial charge in [0.25, 0.3) is 0 Å². The number of allylic oxidation sites excluding steroid dienone is 2. The van der Waals surface area contributed by atoms with Crippen LogP contribution < -0.4 is 0 Å². The molecule has 0 aromatic rings. The summed E-state index contributed by atoms with van der Waals surface area (Å²) in [7, 11) is 0. The van der Waals surface area contributed by atoms with Gasteiger partial charge in [-0.25, -0.2) is 0 Å². The molecular formula is C16H30O. The Kier molecular flexibility index (Phi) is 11.5. The third-order valence-corrected chi connectivity index (χ3v) is 2.76. The van der Waals surface area contributed by atoms with Crippen molar-refractivity contribution in [2.24, 2.45) is 0 Å². The molecule has 0 aromatic carbocycles. The van der Waals surface area contributed by atoms with Crippen LogP contribution in [0, 0.1) is 0 Å². The van der Waals surface area contributed by atoms with Crippen LogP contribution in [0.4, 0.5) is 0 Å². The maximum absolute atomic E-state index is 5.68. The number of ether oxygens (including phenoxy) is 1. The highest BCUT2D eigenvalue weighted by molar-refractivity contribution is 5.01. The van der Waals surface area contributed by atoms with E-state index >= 15 is 0 Å².